The van der Waals surface area contributed by atoms with Crippen LogP contribution in [0.15, 0.2) is 48.5 Å². The molecule has 0 aromatic heterocycles. The summed E-state index contributed by atoms with van der Waals surface area (Å²) in [7, 11) is 0. The third kappa shape index (κ3) is 2.51. The molecule has 1 aliphatic heterocycles. The fraction of sp³-hybridized carbons (Fsp3) is 0.333. The Hall–Kier alpha value is -1.96. The van der Waals surface area contributed by atoms with Crippen molar-refractivity contribution in [3.8, 4) is 5.75 Å². The molecule has 1 aliphatic rings. The summed E-state index contributed by atoms with van der Waals surface area (Å²) < 4.78 is 6.12. The Labute approximate surface area is 120 Å². The first-order valence-electron chi connectivity index (χ1n) is 7.14. The fourth-order valence-corrected chi connectivity index (χ4v) is 2.49. The Bertz CT molecular complexity index is 599. The van der Waals surface area contributed by atoms with E-state index in [1.165, 1.54) is 11.1 Å². The number of anilines is 1. The lowest BCUT2D eigenvalue weighted by Gasteiger charge is -2.29. The predicted molar refractivity (Wildman–Crippen MR) is 83.4 cm³/mol. The van der Waals surface area contributed by atoms with Crippen LogP contribution in [0.2, 0.25) is 0 Å². The van der Waals surface area contributed by atoms with E-state index in [1.807, 2.05) is 6.07 Å². The summed E-state index contributed by atoms with van der Waals surface area (Å²) in [5.41, 5.74) is 3.80. The van der Waals surface area contributed by atoms with E-state index in [2.05, 4.69) is 68.6 Å². The average molecular weight is 267 g/mol. The van der Waals surface area contributed by atoms with Gasteiger partial charge in [0, 0.05) is 0 Å². The summed E-state index contributed by atoms with van der Waals surface area (Å²) in [5, 5.41) is 3.50. The van der Waals surface area contributed by atoms with Crippen LogP contribution >= 0.6 is 0 Å². The molecule has 0 aliphatic carbocycles. The number of hydrogen-bond donors (Lipinski definition) is 1. The highest BCUT2D eigenvalue weighted by molar-refractivity contribution is 5.60. The molecule has 2 aromatic rings. The van der Waals surface area contributed by atoms with Crippen LogP contribution in [0.1, 0.15) is 38.0 Å². The van der Waals surface area contributed by atoms with Crippen molar-refractivity contribution in [3.05, 3.63) is 59.7 Å². The quantitative estimate of drug-likeness (QED) is 0.819. The zero-order valence-corrected chi connectivity index (χ0v) is 12.3. The van der Waals surface area contributed by atoms with Crippen LogP contribution in [0.4, 0.5) is 5.69 Å². The van der Waals surface area contributed by atoms with E-state index in [0.717, 1.165) is 18.0 Å². The molecule has 0 spiro atoms. The van der Waals surface area contributed by atoms with E-state index in [0.29, 0.717) is 0 Å². The second-order valence-electron chi connectivity index (χ2n) is 6.36. The summed E-state index contributed by atoms with van der Waals surface area (Å²) in [5.74, 6) is 0.943. The number of hydrogen-bond acceptors (Lipinski definition) is 2. The Balaban J connectivity index is 1.86. The van der Waals surface area contributed by atoms with Gasteiger partial charge in [-0.3, -0.25) is 0 Å². The summed E-state index contributed by atoms with van der Waals surface area (Å²) in [6, 6.07) is 16.8. The van der Waals surface area contributed by atoms with Crippen molar-refractivity contribution in [1.82, 2.24) is 0 Å². The van der Waals surface area contributed by atoms with Gasteiger partial charge in [0.2, 0.25) is 0 Å². The molecule has 0 saturated carbocycles. The summed E-state index contributed by atoms with van der Waals surface area (Å²) in [4.78, 5) is 0. The minimum Gasteiger partial charge on any atom is -0.482 e. The zero-order chi connectivity index (χ0) is 14.2. The summed E-state index contributed by atoms with van der Waals surface area (Å²) in [6.07, 6.45) is 0.0872. The molecule has 1 N–H and O–H groups in total. The van der Waals surface area contributed by atoms with Crippen molar-refractivity contribution < 1.29 is 4.74 Å². The molecular weight excluding hydrogens is 246 g/mol. The summed E-state index contributed by atoms with van der Waals surface area (Å²) in [6.45, 7) is 7.49. The lowest BCUT2D eigenvalue weighted by Crippen LogP contribution is -2.24. The maximum atomic E-state index is 6.12. The number of fused-ring (bicyclic) bond motifs is 1. The molecule has 2 nitrogen and oxygen atoms in total. The third-order valence-electron chi connectivity index (χ3n) is 3.76. The van der Waals surface area contributed by atoms with Crippen molar-refractivity contribution in [2.24, 2.45) is 0 Å². The van der Waals surface area contributed by atoms with E-state index < -0.39 is 0 Å². The largest absolute Gasteiger partial charge is 0.482 e. The molecule has 1 unspecified atom stereocenters. The maximum absolute atomic E-state index is 6.12. The third-order valence-corrected chi connectivity index (χ3v) is 3.76. The topological polar surface area (TPSA) is 21.3 Å². The van der Waals surface area contributed by atoms with E-state index in [9.17, 15) is 0 Å². The van der Waals surface area contributed by atoms with Gasteiger partial charge < -0.3 is 10.1 Å². The van der Waals surface area contributed by atoms with Crippen molar-refractivity contribution in [3.63, 3.8) is 0 Å². The van der Waals surface area contributed by atoms with Crippen molar-refractivity contribution in [2.45, 2.75) is 32.3 Å². The molecule has 0 amide bonds. The second-order valence-corrected chi connectivity index (χ2v) is 6.36. The van der Waals surface area contributed by atoms with E-state index in [-0.39, 0.29) is 11.5 Å². The highest BCUT2D eigenvalue weighted by Gasteiger charge is 2.22. The molecule has 0 saturated heterocycles. The SMILES string of the molecule is CC(C)(C)c1ccc2c(c1)NCC(c1ccccc1)O2. The minimum atomic E-state index is 0.0872. The minimum absolute atomic E-state index is 0.0872. The Morgan fingerprint density at radius 2 is 1.80 bits per heavy atom. The van der Waals surface area contributed by atoms with Gasteiger partial charge in [0.05, 0.1) is 12.2 Å². The van der Waals surface area contributed by atoms with Crippen LogP contribution in [0.5, 0.6) is 5.75 Å². The number of rotatable bonds is 1. The lowest BCUT2D eigenvalue weighted by atomic mass is 9.86. The second kappa shape index (κ2) is 4.86. The van der Waals surface area contributed by atoms with Crippen molar-refractivity contribution >= 4 is 5.69 Å². The van der Waals surface area contributed by atoms with Crippen LogP contribution < -0.4 is 10.1 Å². The summed E-state index contributed by atoms with van der Waals surface area (Å²) >= 11 is 0. The van der Waals surface area contributed by atoms with Gasteiger partial charge in [-0.15, -0.1) is 0 Å². The first kappa shape index (κ1) is 13.0. The molecule has 0 radical (unpaired) electrons. The highest BCUT2D eigenvalue weighted by Crippen LogP contribution is 2.37. The first-order valence-corrected chi connectivity index (χ1v) is 7.14. The standard InChI is InChI=1S/C18H21NO/c1-18(2,3)14-9-10-16-15(11-14)19-12-17(20-16)13-7-5-4-6-8-13/h4-11,17,19H,12H2,1-3H3. The van der Waals surface area contributed by atoms with Crippen molar-refractivity contribution in [1.29, 1.82) is 0 Å². The average Bonchev–Trinajstić information content (AvgIpc) is 2.46. The molecule has 20 heavy (non-hydrogen) atoms. The number of ether oxygens (including phenoxy) is 1. The Morgan fingerprint density at radius 1 is 1.05 bits per heavy atom. The smallest absolute Gasteiger partial charge is 0.143 e. The lowest BCUT2D eigenvalue weighted by molar-refractivity contribution is 0.210. The molecule has 2 aromatic carbocycles. The van der Waals surface area contributed by atoms with E-state index in [1.54, 1.807) is 0 Å². The predicted octanol–water partition coefficient (Wildman–Crippen LogP) is 4.53. The molecule has 0 bridgehead atoms. The first-order chi connectivity index (χ1) is 9.54. The number of nitrogens with one attached hydrogen (secondary N) is 1. The van der Waals surface area contributed by atoms with Crippen LogP contribution in [0.3, 0.4) is 0 Å². The van der Waals surface area contributed by atoms with Gasteiger partial charge in [-0.25, -0.2) is 0 Å². The van der Waals surface area contributed by atoms with Gasteiger partial charge in [-0.05, 0) is 28.7 Å². The monoisotopic (exact) mass is 267 g/mol. The Kier molecular flexibility index (Phi) is 3.17. The molecule has 0 fully saturated rings. The van der Waals surface area contributed by atoms with Crippen LogP contribution in [0, 0.1) is 0 Å². The molecule has 1 atom stereocenters. The normalized spacial score (nSPS) is 17.9. The van der Waals surface area contributed by atoms with Gasteiger partial charge in [-0.2, -0.15) is 0 Å². The van der Waals surface area contributed by atoms with Crippen molar-refractivity contribution in [2.75, 3.05) is 11.9 Å². The molecule has 3 rings (SSSR count). The molecule has 1 heterocycles. The molecular formula is C18H21NO. The number of benzene rings is 2. The van der Waals surface area contributed by atoms with Gasteiger partial charge in [0.25, 0.3) is 0 Å². The Morgan fingerprint density at radius 3 is 2.50 bits per heavy atom. The van der Waals surface area contributed by atoms with Gasteiger partial charge in [-0.1, -0.05) is 57.2 Å². The van der Waals surface area contributed by atoms with Crippen LogP contribution in [-0.2, 0) is 5.41 Å². The maximum Gasteiger partial charge on any atom is 0.143 e. The highest BCUT2D eigenvalue weighted by atomic mass is 16.5. The molecule has 2 heteroatoms. The zero-order valence-electron chi connectivity index (χ0n) is 12.3. The van der Waals surface area contributed by atoms with Crippen LogP contribution in [-0.4, -0.2) is 6.54 Å². The van der Waals surface area contributed by atoms with Gasteiger partial charge in [0.15, 0.2) is 0 Å². The fourth-order valence-electron chi connectivity index (χ4n) is 2.49. The van der Waals surface area contributed by atoms with Gasteiger partial charge >= 0.3 is 0 Å². The van der Waals surface area contributed by atoms with Crippen LogP contribution in [0.25, 0.3) is 0 Å². The molecule has 104 valence electrons. The van der Waals surface area contributed by atoms with E-state index >= 15 is 0 Å². The van der Waals surface area contributed by atoms with E-state index in [4.69, 9.17) is 4.74 Å². The van der Waals surface area contributed by atoms with Gasteiger partial charge in [0.1, 0.15) is 11.9 Å².